The summed E-state index contributed by atoms with van der Waals surface area (Å²) >= 11 is 1.39. The van der Waals surface area contributed by atoms with Gasteiger partial charge in [-0.3, -0.25) is 15.1 Å². The molecular formula is C10H6N4O3S. The van der Waals surface area contributed by atoms with Crippen LogP contribution >= 0.6 is 11.8 Å². The molecule has 0 spiro atoms. The maximum Gasteiger partial charge on any atom is 0.346 e. The number of nitro benzene ring substituents is 1. The second-order valence-electron chi connectivity index (χ2n) is 3.59. The quantitative estimate of drug-likeness (QED) is 0.513. The molecule has 0 saturated heterocycles. The van der Waals surface area contributed by atoms with Crippen molar-refractivity contribution in [3.63, 3.8) is 0 Å². The predicted molar refractivity (Wildman–Crippen MR) is 65.4 cm³/mol. The number of benzene rings is 1. The van der Waals surface area contributed by atoms with Crippen molar-refractivity contribution in [1.29, 1.82) is 0 Å². The summed E-state index contributed by atoms with van der Waals surface area (Å²) in [6.07, 6.45) is 1.47. The summed E-state index contributed by atoms with van der Waals surface area (Å²) in [6.45, 7) is 0. The first-order valence-corrected chi connectivity index (χ1v) is 5.78. The maximum absolute atomic E-state index is 11.1. The minimum absolute atomic E-state index is 0.00158. The molecule has 0 radical (unpaired) electrons. The van der Waals surface area contributed by atoms with Crippen molar-refractivity contribution in [3.8, 4) is 0 Å². The fraction of sp³-hybridized carbons (Fsp3) is 0. The monoisotopic (exact) mass is 262 g/mol. The smallest absolute Gasteiger partial charge is 0.340 e. The van der Waals surface area contributed by atoms with Crippen LogP contribution in [0.1, 0.15) is 0 Å². The first-order chi connectivity index (χ1) is 8.63. The van der Waals surface area contributed by atoms with Crippen LogP contribution in [0.25, 0.3) is 0 Å². The lowest BCUT2D eigenvalue weighted by Crippen LogP contribution is -2.14. The van der Waals surface area contributed by atoms with Crippen molar-refractivity contribution in [3.05, 3.63) is 45.0 Å². The number of nitrogens with zero attached hydrogens (tertiary/aromatic N) is 2. The number of H-pyrrole nitrogens is 1. The second-order valence-corrected chi connectivity index (χ2v) is 4.68. The van der Waals surface area contributed by atoms with E-state index in [1.54, 1.807) is 6.07 Å². The number of nitrogens with one attached hydrogen (secondary N) is 2. The van der Waals surface area contributed by atoms with Gasteiger partial charge in [0, 0.05) is 17.0 Å². The van der Waals surface area contributed by atoms with E-state index >= 15 is 0 Å². The molecule has 0 atom stereocenters. The van der Waals surface area contributed by atoms with Gasteiger partial charge >= 0.3 is 5.69 Å². The summed E-state index contributed by atoms with van der Waals surface area (Å²) in [6, 6.07) is 4.54. The van der Waals surface area contributed by atoms with Gasteiger partial charge in [-0.05, 0) is 6.07 Å². The Labute approximate surface area is 104 Å². The lowest BCUT2D eigenvalue weighted by atomic mass is 10.2. The first-order valence-electron chi connectivity index (χ1n) is 4.96. The zero-order valence-corrected chi connectivity index (χ0v) is 9.65. The number of non-ortho nitro benzene ring substituents is 1. The molecule has 18 heavy (non-hydrogen) atoms. The zero-order chi connectivity index (χ0) is 12.7. The Morgan fingerprint density at radius 2 is 2.17 bits per heavy atom. The van der Waals surface area contributed by atoms with E-state index in [4.69, 9.17) is 0 Å². The fourth-order valence-electron chi connectivity index (χ4n) is 1.62. The van der Waals surface area contributed by atoms with Gasteiger partial charge in [0.05, 0.1) is 21.7 Å². The molecule has 3 rings (SSSR count). The Morgan fingerprint density at radius 3 is 2.94 bits per heavy atom. The summed E-state index contributed by atoms with van der Waals surface area (Å²) < 4.78 is 0. The van der Waals surface area contributed by atoms with Crippen molar-refractivity contribution in [2.24, 2.45) is 0 Å². The van der Waals surface area contributed by atoms with Gasteiger partial charge in [0.25, 0.3) is 5.69 Å². The summed E-state index contributed by atoms with van der Waals surface area (Å²) in [5.74, 6) is 0.507. The highest BCUT2D eigenvalue weighted by Crippen LogP contribution is 2.43. The van der Waals surface area contributed by atoms with Gasteiger partial charge in [-0.25, -0.2) is 9.78 Å². The molecule has 1 aliphatic rings. The van der Waals surface area contributed by atoms with Gasteiger partial charge in [-0.1, -0.05) is 11.8 Å². The number of hydrogen-bond donors (Lipinski definition) is 2. The van der Waals surface area contributed by atoms with Crippen molar-refractivity contribution in [1.82, 2.24) is 9.97 Å². The van der Waals surface area contributed by atoms with Crippen LogP contribution in [0.4, 0.5) is 17.2 Å². The normalized spacial score (nSPS) is 12.2. The topological polar surface area (TPSA) is 101 Å². The molecule has 0 aliphatic carbocycles. The Kier molecular flexibility index (Phi) is 2.30. The SMILES string of the molecule is O=c1ncc2c([nH]1)Nc1cc([N+](=O)[O-])ccc1S2. The lowest BCUT2D eigenvalue weighted by molar-refractivity contribution is -0.384. The molecule has 0 fully saturated rings. The average Bonchev–Trinajstić information content (AvgIpc) is 2.35. The Balaban J connectivity index is 2.08. The first kappa shape index (κ1) is 10.8. The van der Waals surface area contributed by atoms with Crippen LogP contribution in [0.5, 0.6) is 0 Å². The van der Waals surface area contributed by atoms with Gasteiger partial charge in [-0.2, -0.15) is 0 Å². The Hall–Kier alpha value is -2.35. The summed E-state index contributed by atoms with van der Waals surface area (Å²) in [4.78, 5) is 29.1. The van der Waals surface area contributed by atoms with Gasteiger partial charge < -0.3 is 5.32 Å². The molecule has 90 valence electrons. The number of aromatic amines is 1. The van der Waals surface area contributed by atoms with Gasteiger partial charge in [0.15, 0.2) is 0 Å². The van der Waals surface area contributed by atoms with Crippen molar-refractivity contribution < 1.29 is 4.92 Å². The molecule has 2 N–H and O–H groups in total. The van der Waals surface area contributed by atoms with Crippen LogP contribution < -0.4 is 11.0 Å². The Bertz CT molecular complexity index is 713. The standard InChI is InChI=1S/C10H6N4O3S/c15-10-11-4-8-9(13-10)12-6-3-5(14(16)17)1-2-7(6)18-8/h1-4H,(H2,11,12,13,15). The Morgan fingerprint density at radius 1 is 1.33 bits per heavy atom. The fourth-order valence-corrected chi connectivity index (χ4v) is 2.53. The zero-order valence-electron chi connectivity index (χ0n) is 8.84. The van der Waals surface area contributed by atoms with E-state index in [-0.39, 0.29) is 5.69 Å². The van der Waals surface area contributed by atoms with Crippen LogP contribution in [0, 0.1) is 10.1 Å². The summed E-state index contributed by atoms with van der Waals surface area (Å²) in [5, 5.41) is 13.6. The highest BCUT2D eigenvalue weighted by molar-refractivity contribution is 7.99. The molecule has 1 aromatic carbocycles. The van der Waals surface area contributed by atoms with Crippen LogP contribution in [0.2, 0.25) is 0 Å². The number of anilines is 2. The highest BCUT2D eigenvalue weighted by Gasteiger charge is 2.19. The molecule has 0 bridgehead atoms. The van der Waals surface area contributed by atoms with E-state index in [9.17, 15) is 14.9 Å². The number of nitro groups is 1. The van der Waals surface area contributed by atoms with E-state index in [0.29, 0.717) is 11.5 Å². The molecule has 7 nitrogen and oxygen atoms in total. The molecule has 0 saturated carbocycles. The molecule has 0 amide bonds. The van der Waals surface area contributed by atoms with E-state index in [0.717, 1.165) is 9.79 Å². The number of rotatable bonds is 1. The maximum atomic E-state index is 11.1. The van der Waals surface area contributed by atoms with Gasteiger partial charge in [-0.15, -0.1) is 0 Å². The van der Waals surface area contributed by atoms with Crippen molar-refractivity contribution >= 4 is 29.0 Å². The van der Waals surface area contributed by atoms with Crippen LogP contribution in [0.15, 0.2) is 39.0 Å². The molecule has 2 aromatic rings. The number of hydrogen-bond acceptors (Lipinski definition) is 6. The van der Waals surface area contributed by atoms with Crippen LogP contribution in [0.3, 0.4) is 0 Å². The molecule has 1 aromatic heterocycles. The van der Waals surface area contributed by atoms with Gasteiger partial charge in [0.1, 0.15) is 5.82 Å². The minimum atomic E-state index is -0.462. The third-order valence-corrected chi connectivity index (χ3v) is 3.54. The molecular weight excluding hydrogens is 256 g/mol. The third-order valence-electron chi connectivity index (χ3n) is 2.43. The van der Waals surface area contributed by atoms with E-state index in [2.05, 4.69) is 15.3 Å². The van der Waals surface area contributed by atoms with E-state index in [1.807, 2.05) is 0 Å². The highest BCUT2D eigenvalue weighted by atomic mass is 32.2. The number of fused-ring (bicyclic) bond motifs is 2. The molecule has 0 unspecified atom stereocenters. The minimum Gasteiger partial charge on any atom is -0.340 e. The summed E-state index contributed by atoms with van der Waals surface area (Å²) in [7, 11) is 0. The summed E-state index contributed by atoms with van der Waals surface area (Å²) in [5.41, 5.74) is 0.140. The second kappa shape index (κ2) is 3.84. The van der Waals surface area contributed by atoms with Crippen molar-refractivity contribution in [2.45, 2.75) is 9.79 Å². The predicted octanol–water partition coefficient (Wildman–Crippen LogP) is 1.89. The van der Waals surface area contributed by atoms with E-state index in [1.165, 1.54) is 30.1 Å². The van der Waals surface area contributed by atoms with Crippen LogP contribution in [-0.4, -0.2) is 14.9 Å². The van der Waals surface area contributed by atoms with E-state index < -0.39 is 10.6 Å². The van der Waals surface area contributed by atoms with Crippen molar-refractivity contribution in [2.75, 3.05) is 5.32 Å². The molecule has 8 heteroatoms. The average molecular weight is 262 g/mol. The lowest BCUT2D eigenvalue weighted by Gasteiger charge is -2.18. The molecule has 1 aliphatic heterocycles. The van der Waals surface area contributed by atoms with Crippen LogP contribution in [-0.2, 0) is 0 Å². The van der Waals surface area contributed by atoms with Gasteiger partial charge in [0.2, 0.25) is 0 Å². The molecule has 2 heterocycles. The number of aromatic nitrogens is 2. The largest absolute Gasteiger partial charge is 0.346 e. The third kappa shape index (κ3) is 1.72.